The minimum absolute atomic E-state index is 0.105. The fraction of sp³-hybridized carbons (Fsp3) is 0.271. The van der Waals surface area contributed by atoms with Crippen LogP contribution in [0.2, 0.25) is 0 Å². The second kappa shape index (κ2) is 17.2. The molecular weight excluding hydrogens is 779 g/mol. The third-order valence-electron chi connectivity index (χ3n) is 11.5. The van der Waals surface area contributed by atoms with E-state index < -0.39 is 29.2 Å². The van der Waals surface area contributed by atoms with Crippen molar-refractivity contribution < 1.29 is 33.0 Å². The number of piperidine rings is 1. The Hall–Kier alpha value is -6.57. The summed E-state index contributed by atoms with van der Waals surface area (Å²) in [4.78, 5) is 44.4. The molecule has 0 unspecified atom stereocenters. The van der Waals surface area contributed by atoms with E-state index in [0.717, 1.165) is 89.9 Å². The molecule has 3 heterocycles. The van der Waals surface area contributed by atoms with Gasteiger partial charge >= 0.3 is 6.03 Å². The summed E-state index contributed by atoms with van der Waals surface area (Å²) in [7, 11) is 0. The first-order valence-electron chi connectivity index (χ1n) is 20.5. The van der Waals surface area contributed by atoms with E-state index in [-0.39, 0.29) is 29.7 Å². The number of aliphatic hydroxyl groups is 1. The molecule has 5 N–H and O–H groups in total. The molecule has 2 fully saturated rings. The van der Waals surface area contributed by atoms with Gasteiger partial charge in [0, 0.05) is 72.8 Å². The Bertz CT molecular complexity index is 2610. The number of rotatable bonds is 12. The molecule has 11 nitrogen and oxygen atoms in total. The van der Waals surface area contributed by atoms with Crippen molar-refractivity contribution in [3.8, 4) is 28.1 Å². The molecular formula is C48H48F2N6O5. The molecule has 0 aliphatic carbocycles. The number of imide groups is 1. The van der Waals surface area contributed by atoms with Crippen molar-refractivity contribution in [1.29, 1.82) is 0 Å². The molecule has 314 valence electrons. The van der Waals surface area contributed by atoms with Gasteiger partial charge in [-0.25, -0.2) is 13.6 Å². The highest BCUT2D eigenvalue weighted by atomic mass is 19.1. The SMILES string of the molecule is Cc1c(NC(=O)c2ccc(C(C)(C)O)cc2F)cc(F)cc1-c1cccc2[nH]c(-c3cccc(NCCN4CCC(Oc5ccc(N6CCC(=O)NC6=O)cc5)CC4)c3)cc12. The van der Waals surface area contributed by atoms with Crippen molar-refractivity contribution in [1.82, 2.24) is 15.2 Å². The zero-order valence-corrected chi connectivity index (χ0v) is 34.3. The second-order valence-electron chi connectivity index (χ2n) is 16.2. The summed E-state index contributed by atoms with van der Waals surface area (Å²) < 4.78 is 36.5. The van der Waals surface area contributed by atoms with Gasteiger partial charge < -0.3 is 30.4 Å². The number of hydrogen-bond acceptors (Lipinski definition) is 7. The zero-order valence-electron chi connectivity index (χ0n) is 34.3. The van der Waals surface area contributed by atoms with E-state index in [9.17, 15) is 23.9 Å². The van der Waals surface area contributed by atoms with Crippen LogP contribution >= 0.6 is 0 Å². The van der Waals surface area contributed by atoms with Gasteiger partial charge in [-0.3, -0.25) is 19.8 Å². The van der Waals surface area contributed by atoms with Crippen molar-refractivity contribution in [2.45, 2.75) is 51.7 Å². The largest absolute Gasteiger partial charge is 0.490 e. The third kappa shape index (κ3) is 9.28. The third-order valence-corrected chi connectivity index (χ3v) is 11.5. The number of anilines is 3. The fourth-order valence-electron chi connectivity index (χ4n) is 8.02. The zero-order chi connectivity index (χ0) is 42.8. The number of aromatic nitrogens is 1. The van der Waals surface area contributed by atoms with Crippen molar-refractivity contribution in [3.63, 3.8) is 0 Å². The number of carbonyl (C=O) groups excluding carboxylic acids is 3. The number of halogens is 2. The lowest BCUT2D eigenvalue weighted by molar-refractivity contribution is -0.120. The van der Waals surface area contributed by atoms with Crippen LogP contribution < -0.4 is 25.6 Å². The summed E-state index contributed by atoms with van der Waals surface area (Å²) in [6.45, 7) is 8.69. The van der Waals surface area contributed by atoms with Gasteiger partial charge in [0.1, 0.15) is 23.5 Å². The highest BCUT2D eigenvalue weighted by Crippen LogP contribution is 2.37. The molecule has 0 radical (unpaired) electrons. The van der Waals surface area contributed by atoms with Gasteiger partial charge in [0.05, 0.1) is 11.2 Å². The van der Waals surface area contributed by atoms with Crippen molar-refractivity contribution in [2.24, 2.45) is 0 Å². The van der Waals surface area contributed by atoms with Crippen LogP contribution in [0.25, 0.3) is 33.3 Å². The van der Waals surface area contributed by atoms with Gasteiger partial charge in [-0.2, -0.15) is 0 Å². The summed E-state index contributed by atoms with van der Waals surface area (Å²) in [5, 5.41) is 19.8. The van der Waals surface area contributed by atoms with Crippen LogP contribution in [0.15, 0.2) is 103 Å². The molecule has 5 aromatic carbocycles. The smallest absolute Gasteiger partial charge is 0.328 e. The minimum Gasteiger partial charge on any atom is -0.490 e. The minimum atomic E-state index is -1.28. The molecule has 1 aromatic heterocycles. The first-order valence-corrected chi connectivity index (χ1v) is 20.5. The molecule has 0 spiro atoms. The van der Waals surface area contributed by atoms with Crippen LogP contribution in [-0.4, -0.2) is 71.7 Å². The number of benzene rings is 5. The molecule has 2 aliphatic rings. The first-order chi connectivity index (χ1) is 29.3. The van der Waals surface area contributed by atoms with E-state index >= 15 is 4.39 Å². The number of nitrogens with one attached hydrogen (secondary N) is 4. The molecule has 4 amide bonds. The number of aromatic amines is 1. The number of hydrogen-bond donors (Lipinski definition) is 5. The average Bonchev–Trinajstić information content (AvgIpc) is 3.68. The summed E-state index contributed by atoms with van der Waals surface area (Å²) in [6.07, 6.45) is 2.19. The van der Waals surface area contributed by atoms with Gasteiger partial charge in [0.2, 0.25) is 5.91 Å². The number of urea groups is 1. The van der Waals surface area contributed by atoms with E-state index in [1.165, 1.54) is 38.1 Å². The molecule has 2 saturated heterocycles. The van der Waals surface area contributed by atoms with Crippen LogP contribution in [0.3, 0.4) is 0 Å². The van der Waals surface area contributed by atoms with Gasteiger partial charge in [-0.1, -0.05) is 30.3 Å². The van der Waals surface area contributed by atoms with Crippen LogP contribution in [0.4, 0.5) is 30.6 Å². The van der Waals surface area contributed by atoms with Crippen molar-refractivity contribution in [2.75, 3.05) is 48.3 Å². The Morgan fingerprint density at radius 1 is 0.902 bits per heavy atom. The number of carbonyl (C=O) groups is 3. The van der Waals surface area contributed by atoms with Crippen LogP contribution in [-0.2, 0) is 10.4 Å². The van der Waals surface area contributed by atoms with E-state index in [4.69, 9.17) is 4.74 Å². The quantitative estimate of drug-likeness (QED) is 0.0831. The summed E-state index contributed by atoms with van der Waals surface area (Å²) in [5.41, 5.74) is 5.51. The van der Waals surface area contributed by atoms with Crippen LogP contribution in [0.5, 0.6) is 5.75 Å². The number of fused-ring (bicyclic) bond motifs is 1. The molecule has 6 aromatic rings. The summed E-state index contributed by atoms with van der Waals surface area (Å²) in [5.74, 6) is -1.56. The topological polar surface area (TPSA) is 139 Å². The predicted octanol–water partition coefficient (Wildman–Crippen LogP) is 8.97. The molecule has 61 heavy (non-hydrogen) atoms. The molecule has 0 atom stereocenters. The van der Waals surface area contributed by atoms with E-state index in [0.29, 0.717) is 23.2 Å². The number of nitrogens with zero attached hydrogens (tertiary/aromatic N) is 2. The standard InChI is InChI=1S/C48H48F2N6O5/c1-29-39(26-32(49)27-43(29)53-46(58)38-15-10-31(25-41(38)50)48(2,3)60)37-8-5-9-42-40(37)28-44(52-42)30-6-4-7-33(24-30)51-19-23-55-20-16-36(17-21-55)61-35-13-11-34(12-14-35)56-22-18-45(57)54-47(56)59/h4-15,24-28,36,51-52,60H,16-23H2,1-3H3,(H,53,58)(H,54,57,59). The lowest BCUT2D eigenvalue weighted by Gasteiger charge is -2.32. The molecule has 2 aliphatic heterocycles. The Labute approximate surface area is 352 Å². The summed E-state index contributed by atoms with van der Waals surface area (Å²) in [6, 6.07) is 29.6. The van der Waals surface area contributed by atoms with Gasteiger partial charge in [-0.15, -0.1) is 0 Å². The predicted molar refractivity (Wildman–Crippen MR) is 234 cm³/mol. The molecule has 0 saturated carbocycles. The van der Waals surface area contributed by atoms with Gasteiger partial charge in [-0.05, 0) is 134 Å². The van der Waals surface area contributed by atoms with E-state index in [1.807, 2.05) is 66.7 Å². The molecule has 13 heteroatoms. The fourth-order valence-corrected chi connectivity index (χ4v) is 8.02. The Balaban J connectivity index is 0.878. The monoisotopic (exact) mass is 826 g/mol. The molecule has 0 bridgehead atoms. The maximum Gasteiger partial charge on any atom is 0.328 e. The highest BCUT2D eigenvalue weighted by Gasteiger charge is 2.26. The first kappa shape index (κ1) is 41.2. The van der Waals surface area contributed by atoms with E-state index in [2.05, 4.69) is 31.9 Å². The van der Waals surface area contributed by atoms with Crippen molar-refractivity contribution in [3.05, 3.63) is 131 Å². The van der Waals surface area contributed by atoms with Crippen molar-refractivity contribution >= 4 is 45.8 Å². The highest BCUT2D eigenvalue weighted by molar-refractivity contribution is 6.07. The van der Waals surface area contributed by atoms with Crippen LogP contribution in [0, 0.1) is 18.6 Å². The Kier molecular flexibility index (Phi) is 11.6. The molecule has 8 rings (SSSR count). The number of ether oxygens (including phenoxy) is 1. The van der Waals surface area contributed by atoms with Gasteiger partial charge in [0.25, 0.3) is 5.91 Å². The number of H-pyrrole nitrogens is 1. The average molecular weight is 827 g/mol. The maximum absolute atomic E-state index is 15.2. The lowest BCUT2D eigenvalue weighted by atomic mass is 9.95. The normalized spacial score (nSPS) is 15.2. The summed E-state index contributed by atoms with van der Waals surface area (Å²) >= 11 is 0. The van der Waals surface area contributed by atoms with E-state index in [1.54, 1.807) is 11.8 Å². The lowest BCUT2D eigenvalue weighted by Crippen LogP contribution is -2.49. The maximum atomic E-state index is 15.2. The number of likely N-dealkylation sites (tertiary alicyclic amines) is 1. The Morgan fingerprint density at radius 2 is 1.67 bits per heavy atom. The second-order valence-corrected chi connectivity index (χ2v) is 16.2. The van der Waals surface area contributed by atoms with Crippen LogP contribution in [0.1, 0.15) is 54.6 Å². The van der Waals surface area contributed by atoms with Gasteiger partial charge in [0.15, 0.2) is 0 Å². The Morgan fingerprint density at radius 3 is 2.41 bits per heavy atom. The number of amides is 4.